The van der Waals surface area contributed by atoms with Gasteiger partial charge in [0, 0.05) is 31.0 Å². The highest BCUT2D eigenvalue weighted by Crippen LogP contribution is 2.29. The summed E-state index contributed by atoms with van der Waals surface area (Å²) in [5, 5.41) is 5.80. The summed E-state index contributed by atoms with van der Waals surface area (Å²) in [6, 6.07) is 0.227. The summed E-state index contributed by atoms with van der Waals surface area (Å²) < 4.78 is 7.68. The molecule has 4 nitrogen and oxygen atoms in total. The van der Waals surface area contributed by atoms with E-state index in [1.165, 1.54) is 23.4 Å². The molecule has 1 fully saturated rings. The smallest absolute Gasteiger partial charge is 0.0972 e. The van der Waals surface area contributed by atoms with E-state index in [2.05, 4.69) is 18.9 Å². The van der Waals surface area contributed by atoms with E-state index < -0.39 is 0 Å². The van der Waals surface area contributed by atoms with Crippen LogP contribution in [-0.2, 0) is 18.2 Å². The van der Waals surface area contributed by atoms with Crippen molar-refractivity contribution in [1.29, 1.82) is 0 Å². The number of ether oxygens (including phenoxy) is 1. The Morgan fingerprint density at radius 2 is 2.37 bits per heavy atom. The topological polar surface area (TPSA) is 53.1 Å². The van der Waals surface area contributed by atoms with Gasteiger partial charge in [-0.2, -0.15) is 5.10 Å². The van der Waals surface area contributed by atoms with Gasteiger partial charge in [-0.1, -0.05) is 6.92 Å². The lowest BCUT2D eigenvalue weighted by molar-refractivity contribution is 0.129. The van der Waals surface area contributed by atoms with E-state index in [-0.39, 0.29) is 6.04 Å². The monoisotopic (exact) mass is 283 g/mol. The summed E-state index contributed by atoms with van der Waals surface area (Å²) in [6.07, 6.45) is 4.72. The minimum Gasteiger partial charge on any atom is -0.377 e. The number of nitrogens with zero attached hydrogens (tertiary/aromatic N) is 2. The first-order chi connectivity index (χ1) is 9.11. The van der Waals surface area contributed by atoms with Crippen LogP contribution < -0.4 is 5.73 Å². The second kappa shape index (κ2) is 6.77. The van der Waals surface area contributed by atoms with Crippen LogP contribution >= 0.6 is 11.8 Å². The number of aryl methyl sites for hydroxylation is 2. The molecule has 1 aromatic heterocycles. The van der Waals surface area contributed by atoms with Crippen LogP contribution in [0.2, 0.25) is 0 Å². The summed E-state index contributed by atoms with van der Waals surface area (Å²) in [5.41, 5.74) is 8.53. The molecule has 0 aromatic carbocycles. The average Bonchev–Trinajstić information content (AvgIpc) is 2.97. The maximum absolute atomic E-state index is 6.10. The molecule has 1 aliphatic heterocycles. The summed E-state index contributed by atoms with van der Waals surface area (Å²) in [5.74, 6) is 1.02. The third kappa shape index (κ3) is 3.74. The van der Waals surface area contributed by atoms with Crippen LogP contribution in [0.3, 0.4) is 0 Å². The SMILES string of the molecule is CCC(N)Cc1c(C)nn(C)c1SCC1CCCO1. The van der Waals surface area contributed by atoms with Crippen molar-refractivity contribution in [3.8, 4) is 0 Å². The number of nitrogens with two attached hydrogens (primary N) is 1. The summed E-state index contributed by atoms with van der Waals surface area (Å²) in [6.45, 7) is 5.13. The van der Waals surface area contributed by atoms with Crippen molar-refractivity contribution in [3.63, 3.8) is 0 Å². The molecule has 2 heterocycles. The van der Waals surface area contributed by atoms with Crippen molar-refractivity contribution < 1.29 is 4.74 Å². The van der Waals surface area contributed by atoms with E-state index in [1.54, 1.807) is 0 Å². The minimum atomic E-state index is 0.227. The zero-order chi connectivity index (χ0) is 13.8. The molecule has 0 radical (unpaired) electrons. The quantitative estimate of drug-likeness (QED) is 0.814. The molecular formula is C14H25N3OS. The second-order valence-corrected chi connectivity index (χ2v) is 6.32. The van der Waals surface area contributed by atoms with Crippen molar-refractivity contribution in [2.45, 2.75) is 56.7 Å². The van der Waals surface area contributed by atoms with E-state index in [4.69, 9.17) is 10.5 Å². The van der Waals surface area contributed by atoms with E-state index in [1.807, 2.05) is 23.5 Å². The lowest BCUT2D eigenvalue weighted by Gasteiger charge is -2.12. The van der Waals surface area contributed by atoms with Crippen LogP contribution in [0, 0.1) is 6.92 Å². The van der Waals surface area contributed by atoms with E-state index in [0.29, 0.717) is 6.10 Å². The van der Waals surface area contributed by atoms with Crippen LogP contribution in [0.4, 0.5) is 0 Å². The molecule has 0 aliphatic carbocycles. The molecule has 2 atom stereocenters. The Bertz CT molecular complexity index is 413. The van der Waals surface area contributed by atoms with Gasteiger partial charge in [0.05, 0.1) is 16.8 Å². The van der Waals surface area contributed by atoms with Gasteiger partial charge in [0.1, 0.15) is 0 Å². The predicted molar refractivity (Wildman–Crippen MR) is 79.6 cm³/mol. The highest BCUT2D eigenvalue weighted by molar-refractivity contribution is 7.99. The third-order valence-electron chi connectivity index (χ3n) is 3.71. The molecule has 1 aromatic rings. The van der Waals surface area contributed by atoms with E-state index >= 15 is 0 Å². The summed E-state index contributed by atoms with van der Waals surface area (Å²) >= 11 is 1.86. The van der Waals surface area contributed by atoms with Gasteiger partial charge in [-0.05, 0) is 32.6 Å². The number of hydrogen-bond acceptors (Lipinski definition) is 4. The van der Waals surface area contributed by atoms with Crippen LogP contribution in [0.25, 0.3) is 0 Å². The van der Waals surface area contributed by atoms with Crippen molar-refractivity contribution in [2.24, 2.45) is 12.8 Å². The molecular weight excluding hydrogens is 258 g/mol. The van der Waals surface area contributed by atoms with Gasteiger partial charge >= 0.3 is 0 Å². The highest BCUT2D eigenvalue weighted by atomic mass is 32.2. The average molecular weight is 283 g/mol. The number of thioether (sulfide) groups is 1. The normalized spacial score (nSPS) is 20.9. The Morgan fingerprint density at radius 1 is 1.58 bits per heavy atom. The molecule has 0 amide bonds. The van der Waals surface area contributed by atoms with Gasteiger partial charge in [-0.15, -0.1) is 11.8 Å². The summed E-state index contributed by atoms with van der Waals surface area (Å²) in [4.78, 5) is 0. The largest absolute Gasteiger partial charge is 0.377 e. The van der Waals surface area contributed by atoms with Crippen LogP contribution in [0.5, 0.6) is 0 Å². The molecule has 1 aliphatic rings. The predicted octanol–water partition coefficient (Wildman–Crippen LogP) is 2.28. The molecule has 2 unspecified atom stereocenters. The van der Waals surface area contributed by atoms with Crippen molar-refractivity contribution in [2.75, 3.05) is 12.4 Å². The van der Waals surface area contributed by atoms with Crippen LogP contribution in [0.15, 0.2) is 5.03 Å². The third-order valence-corrected chi connectivity index (χ3v) is 5.03. The number of hydrogen-bond donors (Lipinski definition) is 1. The standard InChI is InChI=1S/C14H25N3OS/c1-4-11(15)8-13-10(2)16-17(3)14(13)19-9-12-6-5-7-18-12/h11-12H,4-9,15H2,1-3H3. The fourth-order valence-electron chi connectivity index (χ4n) is 2.45. The van der Waals surface area contributed by atoms with Crippen molar-refractivity contribution in [1.82, 2.24) is 9.78 Å². The Kier molecular flexibility index (Phi) is 5.30. The van der Waals surface area contributed by atoms with Gasteiger partial charge in [0.15, 0.2) is 0 Å². The Balaban J connectivity index is 2.04. The van der Waals surface area contributed by atoms with Gasteiger partial charge in [0.2, 0.25) is 0 Å². The Hall–Kier alpha value is -0.520. The molecule has 0 spiro atoms. The lowest BCUT2D eigenvalue weighted by atomic mass is 10.1. The van der Waals surface area contributed by atoms with E-state index in [9.17, 15) is 0 Å². The molecule has 1 saturated heterocycles. The van der Waals surface area contributed by atoms with Gasteiger partial charge in [-0.25, -0.2) is 0 Å². The maximum atomic E-state index is 6.10. The fraction of sp³-hybridized carbons (Fsp3) is 0.786. The minimum absolute atomic E-state index is 0.227. The first-order valence-corrected chi connectivity index (χ1v) is 8.12. The molecule has 0 bridgehead atoms. The fourth-order valence-corrected chi connectivity index (χ4v) is 3.69. The highest BCUT2D eigenvalue weighted by Gasteiger charge is 2.20. The first kappa shape index (κ1) is 14.9. The van der Waals surface area contributed by atoms with E-state index in [0.717, 1.165) is 30.9 Å². The Morgan fingerprint density at radius 3 is 3.00 bits per heavy atom. The van der Waals surface area contributed by atoms with Crippen molar-refractivity contribution in [3.05, 3.63) is 11.3 Å². The number of aromatic nitrogens is 2. The molecule has 0 saturated carbocycles. The summed E-state index contributed by atoms with van der Waals surface area (Å²) in [7, 11) is 2.02. The van der Waals surface area contributed by atoms with Crippen LogP contribution in [-0.4, -0.2) is 34.3 Å². The first-order valence-electron chi connectivity index (χ1n) is 7.14. The maximum Gasteiger partial charge on any atom is 0.0972 e. The van der Waals surface area contributed by atoms with Gasteiger partial charge in [-0.3, -0.25) is 4.68 Å². The zero-order valence-electron chi connectivity index (χ0n) is 12.2. The second-order valence-electron chi connectivity index (χ2n) is 5.31. The molecule has 2 N–H and O–H groups in total. The Labute approximate surface area is 120 Å². The molecule has 2 rings (SSSR count). The van der Waals surface area contributed by atoms with Gasteiger partial charge in [0.25, 0.3) is 0 Å². The van der Waals surface area contributed by atoms with Crippen molar-refractivity contribution >= 4 is 11.8 Å². The van der Waals surface area contributed by atoms with Gasteiger partial charge < -0.3 is 10.5 Å². The molecule has 108 valence electrons. The zero-order valence-corrected chi connectivity index (χ0v) is 13.0. The lowest BCUT2D eigenvalue weighted by Crippen LogP contribution is -2.22. The molecule has 19 heavy (non-hydrogen) atoms. The number of rotatable bonds is 6. The van der Waals surface area contributed by atoms with Crippen LogP contribution in [0.1, 0.15) is 37.4 Å². The molecule has 5 heteroatoms.